The molecule has 0 rings (SSSR count). The van der Waals surface area contributed by atoms with Gasteiger partial charge in [-0.15, -0.1) is 0 Å². The SMILES string of the molecule is CNC(C(C)C)C(C)OC. The van der Waals surface area contributed by atoms with Crippen LogP contribution in [0.5, 0.6) is 0 Å². The Kier molecular flexibility index (Phi) is 4.65. The van der Waals surface area contributed by atoms with E-state index in [2.05, 4.69) is 26.1 Å². The molecule has 2 heteroatoms. The second-order valence-corrected chi connectivity index (χ2v) is 3.00. The number of methoxy groups -OCH3 is 1. The van der Waals surface area contributed by atoms with Crippen molar-refractivity contribution in [2.24, 2.45) is 5.92 Å². The van der Waals surface area contributed by atoms with Crippen molar-refractivity contribution in [2.75, 3.05) is 14.2 Å². The van der Waals surface area contributed by atoms with Gasteiger partial charge in [0.2, 0.25) is 0 Å². The van der Waals surface area contributed by atoms with Gasteiger partial charge in [0.15, 0.2) is 0 Å². The van der Waals surface area contributed by atoms with E-state index >= 15 is 0 Å². The average Bonchev–Trinajstić information content (AvgIpc) is 1.88. The predicted molar refractivity (Wildman–Crippen MR) is 44.2 cm³/mol. The van der Waals surface area contributed by atoms with Gasteiger partial charge in [-0.2, -0.15) is 0 Å². The van der Waals surface area contributed by atoms with Crippen LogP contribution in [0.1, 0.15) is 20.8 Å². The molecule has 0 spiro atoms. The smallest absolute Gasteiger partial charge is 0.0698 e. The summed E-state index contributed by atoms with van der Waals surface area (Å²) >= 11 is 0. The van der Waals surface area contributed by atoms with Gasteiger partial charge >= 0.3 is 0 Å². The van der Waals surface area contributed by atoms with Gasteiger partial charge in [-0.3, -0.25) is 0 Å². The first-order chi connectivity index (χ1) is 4.63. The summed E-state index contributed by atoms with van der Waals surface area (Å²) in [6.07, 6.45) is 0.296. The normalized spacial score (nSPS) is 17.4. The summed E-state index contributed by atoms with van der Waals surface area (Å²) in [6.45, 7) is 6.47. The van der Waals surface area contributed by atoms with Crippen LogP contribution in [0.25, 0.3) is 0 Å². The summed E-state index contributed by atoms with van der Waals surface area (Å²) in [5.41, 5.74) is 0. The molecule has 0 fully saturated rings. The maximum Gasteiger partial charge on any atom is 0.0698 e. The lowest BCUT2D eigenvalue weighted by atomic mass is 10.00. The first kappa shape index (κ1) is 9.92. The Bertz CT molecular complexity index is 83.3. The minimum atomic E-state index is 0.296. The van der Waals surface area contributed by atoms with Crippen LogP contribution < -0.4 is 5.32 Å². The Hall–Kier alpha value is -0.0800. The molecule has 0 amide bonds. The molecule has 62 valence electrons. The molecule has 0 bridgehead atoms. The van der Waals surface area contributed by atoms with Crippen LogP contribution in [-0.2, 0) is 4.74 Å². The van der Waals surface area contributed by atoms with Crippen molar-refractivity contribution < 1.29 is 4.74 Å². The molecular formula is C8H19NO. The zero-order chi connectivity index (χ0) is 8.15. The van der Waals surface area contributed by atoms with E-state index in [4.69, 9.17) is 4.74 Å². The van der Waals surface area contributed by atoms with Gasteiger partial charge in [-0.25, -0.2) is 0 Å². The maximum absolute atomic E-state index is 5.20. The molecule has 2 nitrogen and oxygen atoms in total. The monoisotopic (exact) mass is 145 g/mol. The highest BCUT2D eigenvalue weighted by Gasteiger charge is 2.17. The van der Waals surface area contributed by atoms with Crippen LogP contribution in [0, 0.1) is 5.92 Å². The largest absolute Gasteiger partial charge is 0.380 e. The fourth-order valence-corrected chi connectivity index (χ4v) is 1.26. The van der Waals surface area contributed by atoms with E-state index in [0.717, 1.165) is 0 Å². The Balaban J connectivity index is 3.80. The van der Waals surface area contributed by atoms with Crippen molar-refractivity contribution in [1.29, 1.82) is 0 Å². The summed E-state index contributed by atoms with van der Waals surface area (Å²) < 4.78 is 5.20. The third-order valence-electron chi connectivity index (χ3n) is 1.93. The molecule has 0 aliphatic carbocycles. The first-order valence-corrected chi connectivity index (χ1v) is 3.83. The Labute approximate surface area is 64.0 Å². The fourth-order valence-electron chi connectivity index (χ4n) is 1.26. The van der Waals surface area contributed by atoms with Crippen molar-refractivity contribution in [3.63, 3.8) is 0 Å². The third kappa shape index (κ3) is 2.67. The lowest BCUT2D eigenvalue weighted by Gasteiger charge is -2.25. The number of nitrogens with one attached hydrogen (secondary N) is 1. The van der Waals surface area contributed by atoms with Crippen LogP contribution >= 0.6 is 0 Å². The standard InChI is InChI=1S/C8H19NO/c1-6(2)8(9-4)7(3)10-5/h6-9H,1-5H3. The van der Waals surface area contributed by atoms with Crippen molar-refractivity contribution in [2.45, 2.75) is 32.9 Å². The Morgan fingerprint density at radius 2 is 1.70 bits per heavy atom. The summed E-state index contributed by atoms with van der Waals surface area (Å²) in [5.74, 6) is 0.625. The molecule has 2 unspecified atom stereocenters. The first-order valence-electron chi connectivity index (χ1n) is 3.83. The molecule has 2 atom stereocenters. The molecule has 0 heterocycles. The highest BCUT2D eigenvalue weighted by molar-refractivity contribution is 4.74. The quantitative estimate of drug-likeness (QED) is 0.643. The van der Waals surface area contributed by atoms with Crippen LogP contribution in [0.15, 0.2) is 0 Å². The summed E-state index contributed by atoms with van der Waals surface area (Å²) in [4.78, 5) is 0. The Morgan fingerprint density at radius 1 is 1.20 bits per heavy atom. The van der Waals surface area contributed by atoms with Crippen LogP contribution in [0.3, 0.4) is 0 Å². The molecule has 0 saturated carbocycles. The molecule has 0 aliphatic rings. The van der Waals surface area contributed by atoms with Crippen LogP contribution in [0.4, 0.5) is 0 Å². The molecule has 0 saturated heterocycles. The van der Waals surface area contributed by atoms with E-state index in [9.17, 15) is 0 Å². The fraction of sp³-hybridized carbons (Fsp3) is 1.00. The molecule has 1 N–H and O–H groups in total. The number of rotatable bonds is 4. The minimum absolute atomic E-state index is 0.296. The number of ether oxygens (including phenoxy) is 1. The average molecular weight is 145 g/mol. The highest BCUT2D eigenvalue weighted by Crippen LogP contribution is 2.07. The van der Waals surface area contributed by atoms with E-state index < -0.39 is 0 Å². The van der Waals surface area contributed by atoms with Gasteiger partial charge < -0.3 is 10.1 Å². The van der Waals surface area contributed by atoms with E-state index in [1.54, 1.807) is 7.11 Å². The second-order valence-electron chi connectivity index (χ2n) is 3.00. The van der Waals surface area contributed by atoms with Crippen molar-refractivity contribution in [3.8, 4) is 0 Å². The molecule has 0 aromatic carbocycles. The zero-order valence-electron chi connectivity index (χ0n) is 7.64. The van der Waals surface area contributed by atoms with Gasteiger partial charge in [0, 0.05) is 13.2 Å². The number of hydrogen-bond donors (Lipinski definition) is 1. The van der Waals surface area contributed by atoms with E-state index in [1.807, 2.05) is 7.05 Å². The van der Waals surface area contributed by atoms with Gasteiger partial charge in [-0.1, -0.05) is 13.8 Å². The van der Waals surface area contributed by atoms with Gasteiger partial charge in [0.25, 0.3) is 0 Å². The van der Waals surface area contributed by atoms with E-state index in [-0.39, 0.29) is 0 Å². The van der Waals surface area contributed by atoms with Crippen molar-refractivity contribution in [1.82, 2.24) is 5.32 Å². The molecule has 0 radical (unpaired) electrons. The van der Waals surface area contributed by atoms with Crippen LogP contribution in [-0.4, -0.2) is 26.3 Å². The molecular weight excluding hydrogens is 126 g/mol. The zero-order valence-corrected chi connectivity index (χ0v) is 7.64. The minimum Gasteiger partial charge on any atom is -0.380 e. The highest BCUT2D eigenvalue weighted by atomic mass is 16.5. The lowest BCUT2D eigenvalue weighted by molar-refractivity contribution is 0.0700. The van der Waals surface area contributed by atoms with Gasteiger partial charge in [0.1, 0.15) is 0 Å². The number of hydrogen-bond acceptors (Lipinski definition) is 2. The molecule has 0 aromatic rings. The second kappa shape index (κ2) is 4.69. The summed E-state index contributed by atoms with van der Waals surface area (Å²) in [7, 11) is 3.72. The van der Waals surface area contributed by atoms with E-state index in [0.29, 0.717) is 18.1 Å². The third-order valence-corrected chi connectivity index (χ3v) is 1.93. The Morgan fingerprint density at radius 3 is 1.80 bits per heavy atom. The topological polar surface area (TPSA) is 21.3 Å². The van der Waals surface area contributed by atoms with Gasteiger partial charge in [-0.05, 0) is 19.9 Å². The van der Waals surface area contributed by atoms with E-state index in [1.165, 1.54) is 0 Å². The van der Waals surface area contributed by atoms with Crippen molar-refractivity contribution >= 4 is 0 Å². The lowest BCUT2D eigenvalue weighted by Crippen LogP contribution is -2.41. The van der Waals surface area contributed by atoms with Gasteiger partial charge in [0.05, 0.1) is 6.10 Å². The molecule has 10 heavy (non-hydrogen) atoms. The number of likely N-dealkylation sites (N-methyl/N-ethyl adjacent to an activating group) is 1. The predicted octanol–water partition coefficient (Wildman–Crippen LogP) is 1.27. The van der Waals surface area contributed by atoms with Crippen molar-refractivity contribution in [3.05, 3.63) is 0 Å². The summed E-state index contributed by atoms with van der Waals surface area (Å²) in [5, 5.41) is 3.23. The van der Waals surface area contributed by atoms with Crippen LogP contribution in [0.2, 0.25) is 0 Å². The molecule has 0 aromatic heterocycles. The maximum atomic E-state index is 5.20. The molecule has 0 aliphatic heterocycles. The summed E-state index contributed by atoms with van der Waals surface area (Å²) in [6, 6.07) is 0.463.